The summed E-state index contributed by atoms with van der Waals surface area (Å²) < 4.78 is 5.26. The van der Waals surface area contributed by atoms with Crippen molar-refractivity contribution in [3.63, 3.8) is 0 Å². The highest BCUT2D eigenvalue weighted by Crippen LogP contribution is 2.23. The van der Waals surface area contributed by atoms with Crippen molar-refractivity contribution < 1.29 is 9.53 Å². The standard InChI is InChI=1S/C23H20N2O2/c1-3-23(26)25(15-18-6-4-5-17(11-18)14-24)16-19-7-8-21-13-22(27-2)10-9-20(21)12-19/h3-13H,1,15-16H2,2H3. The number of methoxy groups -OCH3 is 1. The fourth-order valence-corrected chi connectivity index (χ4v) is 3.02. The number of nitriles is 1. The molecule has 27 heavy (non-hydrogen) atoms. The van der Waals surface area contributed by atoms with Crippen molar-refractivity contribution in [2.75, 3.05) is 7.11 Å². The number of carbonyl (C=O) groups excluding carboxylic acids is 1. The summed E-state index contributed by atoms with van der Waals surface area (Å²) in [5.74, 6) is 0.670. The molecule has 0 bridgehead atoms. The molecule has 0 atom stereocenters. The van der Waals surface area contributed by atoms with Gasteiger partial charge in [-0.3, -0.25) is 4.79 Å². The van der Waals surface area contributed by atoms with Crippen LogP contribution in [0.3, 0.4) is 0 Å². The maximum atomic E-state index is 12.3. The van der Waals surface area contributed by atoms with E-state index < -0.39 is 0 Å². The largest absolute Gasteiger partial charge is 0.497 e. The Morgan fingerprint density at radius 3 is 2.48 bits per heavy atom. The number of rotatable bonds is 6. The van der Waals surface area contributed by atoms with Gasteiger partial charge in [0.2, 0.25) is 5.91 Å². The van der Waals surface area contributed by atoms with Gasteiger partial charge in [-0.1, -0.05) is 36.9 Å². The molecule has 3 aromatic carbocycles. The maximum Gasteiger partial charge on any atom is 0.246 e. The van der Waals surface area contributed by atoms with Gasteiger partial charge < -0.3 is 9.64 Å². The molecule has 1 amide bonds. The average molecular weight is 356 g/mol. The lowest BCUT2D eigenvalue weighted by molar-refractivity contribution is -0.127. The maximum absolute atomic E-state index is 12.3. The van der Waals surface area contributed by atoms with Gasteiger partial charge in [0.05, 0.1) is 18.7 Å². The summed E-state index contributed by atoms with van der Waals surface area (Å²) in [7, 11) is 1.65. The van der Waals surface area contributed by atoms with Crippen LogP contribution >= 0.6 is 0 Å². The van der Waals surface area contributed by atoms with Crippen molar-refractivity contribution in [1.29, 1.82) is 5.26 Å². The average Bonchev–Trinajstić information content (AvgIpc) is 2.72. The van der Waals surface area contributed by atoms with E-state index >= 15 is 0 Å². The summed E-state index contributed by atoms with van der Waals surface area (Å²) in [5, 5.41) is 11.2. The monoisotopic (exact) mass is 356 g/mol. The molecule has 3 aromatic rings. The van der Waals surface area contributed by atoms with Gasteiger partial charge in [0.1, 0.15) is 5.75 Å². The molecular formula is C23H20N2O2. The molecule has 0 aromatic heterocycles. The number of hydrogen-bond donors (Lipinski definition) is 0. The number of nitrogens with zero attached hydrogens (tertiary/aromatic N) is 2. The molecule has 0 aliphatic heterocycles. The lowest BCUT2D eigenvalue weighted by atomic mass is 10.1. The molecule has 0 saturated heterocycles. The van der Waals surface area contributed by atoms with Crippen molar-refractivity contribution in [1.82, 2.24) is 4.90 Å². The number of amides is 1. The summed E-state index contributed by atoms with van der Waals surface area (Å²) in [6.07, 6.45) is 1.32. The van der Waals surface area contributed by atoms with Crippen LogP contribution in [0.2, 0.25) is 0 Å². The zero-order valence-corrected chi connectivity index (χ0v) is 15.2. The van der Waals surface area contributed by atoms with Crippen LogP contribution in [-0.2, 0) is 17.9 Å². The van der Waals surface area contributed by atoms with Gasteiger partial charge in [-0.15, -0.1) is 0 Å². The summed E-state index contributed by atoms with van der Waals surface area (Å²) >= 11 is 0. The molecule has 0 radical (unpaired) electrons. The van der Waals surface area contributed by atoms with Gasteiger partial charge in [0, 0.05) is 13.1 Å². The molecular weight excluding hydrogens is 336 g/mol. The van der Waals surface area contributed by atoms with Crippen molar-refractivity contribution in [3.05, 3.63) is 90.0 Å². The van der Waals surface area contributed by atoms with Crippen LogP contribution in [0, 0.1) is 11.3 Å². The van der Waals surface area contributed by atoms with Crippen LogP contribution < -0.4 is 4.74 Å². The van der Waals surface area contributed by atoms with Crippen molar-refractivity contribution in [3.8, 4) is 11.8 Å². The summed E-state index contributed by atoms with van der Waals surface area (Å²) in [4.78, 5) is 14.1. The van der Waals surface area contributed by atoms with E-state index in [0.29, 0.717) is 18.7 Å². The molecule has 0 aliphatic rings. The number of fused-ring (bicyclic) bond motifs is 1. The van der Waals surface area contributed by atoms with E-state index in [9.17, 15) is 4.79 Å². The number of benzene rings is 3. The van der Waals surface area contributed by atoms with E-state index in [1.165, 1.54) is 6.08 Å². The van der Waals surface area contributed by atoms with Crippen molar-refractivity contribution in [2.24, 2.45) is 0 Å². The first-order valence-electron chi connectivity index (χ1n) is 8.60. The Morgan fingerprint density at radius 2 is 1.78 bits per heavy atom. The molecule has 4 nitrogen and oxygen atoms in total. The Bertz CT molecular complexity index is 1030. The smallest absolute Gasteiger partial charge is 0.246 e. The predicted octanol–water partition coefficient (Wildman–Crippen LogP) is 4.43. The van der Waals surface area contributed by atoms with Gasteiger partial charge in [-0.2, -0.15) is 5.26 Å². The third-order valence-corrected chi connectivity index (χ3v) is 4.40. The molecule has 0 N–H and O–H groups in total. The number of hydrogen-bond acceptors (Lipinski definition) is 3. The first kappa shape index (κ1) is 18.2. The van der Waals surface area contributed by atoms with Gasteiger partial charge in [-0.25, -0.2) is 0 Å². The third-order valence-electron chi connectivity index (χ3n) is 4.40. The summed E-state index contributed by atoms with van der Waals surface area (Å²) in [6.45, 7) is 4.49. The Kier molecular flexibility index (Phi) is 5.53. The first-order chi connectivity index (χ1) is 13.1. The van der Waals surface area contributed by atoms with E-state index in [0.717, 1.165) is 27.6 Å². The highest BCUT2D eigenvalue weighted by Gasteiger charge is 2.12. The predicted molar refractivity (Wildman–Crippen MR) is 106 cm³/mol. The van der Waals surface area contributed by atoms with Crippen LogP contribution in [0.1, 0.15) is 16.7 Å². The Labute approximate surface area is 158 Å². The minimum Gasteiger partial charge on any atom is -0.497 e. The highest BCUT2D eigenvalue weighted by molar-refractivity contribution is 5.87. The Balaban J connectivity index is 1.85. The highest BCUT2D eigenvalue weighted by atomic mass is 16.5. The molecule has 0 spiro atoms. The van der Waals surface area contributed by atoms with Gasteiger partial charge in [-0.05, 0) is 58.3 Å². The normalized spacial score (nSPS) is 10.2. The van der Waals surface area contributed by atoms with E-state index in [4.69, 9.17) is 10.00 Å². The topological polar surface area (TPSA) is 53.3 Å². The van der Waals surface area contributed by atoms with Gasteiger partial charge in [0.15, 0.2) is 0 Å². The number of carbonyl (C=O) groups is 1. The lowest BCUT2D eigenvalue weighted by Gasteiger charge is -2.22. The summed E-state index contributed by atoms with van der Waals surface area (Å²) in [5.41, 5.74) is 2.52. The summed E-state index contributed by atoms with van der Waals surface area (Å²) in [6, 6.07) is 21.4. The fraction of sp³-hybridized carbons (Fsp3) is 0.130. The second-order valence-corrected chi connectivity index (χ2v) is 6.26. The molecule has 3 rings (SSSR count). The van der Waals surface area contributed by atoms with Crippen molar-refractivity contribution >= 4 is 16.7 Å². The fourth-order valence-electron chi connectivity index (χ4n) is 3.02. The van der Waals surface area contributed by atoms with Crippen LogP contribution in [0.15, 0.2) is 73.3 Å². The second-order valence-electron chi connectivity index (χ2n) is 6.26. The van der Waals surface area contributed by atoms with E-state index in [2.05, 4.69) is 18.7 Å². The molecule has 0 heterocycles. The Hall–Kier alpha value is -3.58. The van der Waals surface area contributed by atoms with Crippen LogP contribution in [-0.4, -0.2) is 17.9 Å². The minimum atomic E-state index is -0.146. The Morgan fingerprint density at radius 1 is 1.07 bits per heavy atom. The van der Waals surface area contributed by atoms with Crippen molar-refractivity contribution in [2.45, 2.75) is 13.1 Å². The first-order valence-corrected chi connectivity index (χ1v) is 8.60. The SMILES string of the molecule is C=CC(=O)N(Cc1cccc(C#N)c1)Cc1ccc2cc(OC)ccc2c1. The minimum absolute atomic E-state index is 0.146. The van der Waals surface area contributed by atoms with Gasteiger partial charge >= 0.3 is 0 Å². The molecule has 0 aliphatic carbocycles. The van der Waals surface area contributed by atoms with E-state index in [1.54, 1.807) is 24.1 Å². The van der Waals surface area contributed by atoms with E-state index in [1.807, 2.05) is 42.5 Å². The molecule has 0 saturated carbocycles. The second kappa shape index (κ2) is 8.20. The van der Waals surface area contributed by atoms with Crippen LogP contribution in [0.4, 0.5) is 0 Å². The zero-order chi connectivity index (χ0) is 19.2. The third kappa shape index (κ3) is 4.34. The van der Waals surface area contributed by atoms with E-state index in [-0.39, 0.29) is 5.91 Å². The molecule has 0 unspecified atom stereocenters. The van der Waals surface area contributed by atoms with Gasteiger partial charge in [0.25, 0.3) is 0 Å². The lowest BCUT2D eigenvalue weighted by Crippen LogP contribution is -2.28. The molecule has 4 heteroatoms. The number of ether oxygens (including phenoxy) is 1. The van der Waals surface area contributed by atoms with Crippen LogP contribution in [0.25, 0.3) is 10.8 Å². The molecule has 134 valence electrons. The zero-order valence-electron chi connectivity index (χ0n) is 15.2. The quantitative estimate of drug-likeness (QED) is 0.614. The molecule has 0 fully saturated rings. The van der Waals surface area contributed by atoms with Crippen LogP contribution in [0.5, 0.6) is 5.75 Å².